The number of hydrogen-bond acceptors (Lipinski definition) is 6. The molecule has 1 aromatic heterocycles. The van der Waals surface area contributed by atoms with Gasteiger partial charge in [-0.1, -0.05) is 18.2 Å². The van der Waals surface area contributed by atoms with E-state index in [1.807, 2.05) is 25.2 Å². The van der Waals surface area contributed by atoms with Crippen LogP contribution in [-0.4, -0.2) is 66.0 Å². The Morgan fingerprint density at radius 3 is 2.47 bits per heavy atom. The lowest BCUT2D eigenvalue weighted by Crippen LogP contribution is -2.47. The first kappa shape index (κ1) is 24.0. The zero-order valence-electron chi connectivity index (χ0n) is 19.6. The van der Waals surface area contributed by atoms with Gasteiger partial charge in [-0.2, -0.15) is 5.10 Å². The highest BCUT2D eigenvalue weighted by Crippen LogP contribution is 2.28. The molecule has 0 unspecified atom stereocenters. The zero-order chi connectivity index (χ0) is 24.3. The van der Waals surface area contributed by atoms with E-state index in [0.717, 1.165) is 48.3 Å². The number of nitrogens with zero attached hydrogens (tertiary/aromatic N) is 3. The number of ether oxygens (including phenoxy) is 2. The fourth-order valence-electron chi connectivity index (χ4n) is 3.99. The standard InChI is InChI=1S/C25H29ClN4O4/c1-25(2,16-34-22(31)15-26)27-24(32)23-20-9-6-18(14-21(20)29(3)28-23)17-4-7-19(8-5-17)30-10-12-33-13-11-30/h4-9,14H,10-13,15-16H2,1-3H3,(H,27,32). The normalized spacial score (nSPS) is 14.3. The van der Waals surface area contributed by atoms with Gasteiger partial charge in [-0.05, 0) is 49.2 Å². The number of halogens is 1. The minimum atomic E-state index is -0.773. The van der Waals surface area contributed by atoms with Gasteiger partial charge in [-0.3, -0.25) is 14.3 Å². The van der Waals surface area contributed by atoms with Crippen molar-refractivity contribution in [2.45, 2.75) is 19.4 Å². The summed E-state index contributed by atoms with van der Waals surface area (Å²) in [5.74, 6) is -1.09. The fraction of sp³-hybridized carbons (Fsp3) is 0.400. The quantitative estimate of drug-likeness (QED) is 0.409. The molecule has 9 heteroatoms. The van der Waals surface area contributed by atoms with Gasteiger partial charge < -0.3 is 19.7 Å². The maximum absolute atomic E-state index is 13.0. The molecule has 2 aromatic carbocycles. The van der Waals surface area contributed by atoms with Crippen LogP contribution in [0, 0.1) is 0 Å². The summed E-state index contributed by atoms with van der Waals surface area (Å²) in [6.45, 7) is 6.87. The van der Waals surface area contributed by atoms with Crippen LogP contribution in [0.2, 0.25) is 0 Å². The molecule has 0 bridgehead atoms. The number of aromatic nitrogens is 2. The van der Waals surface area contributed by atoms with Crippen molar-refractivity contribution in [3.8, 4) is 11.1 Å². The first-order valence-corrected chi connectivity index (χ1v) is 11.7. The fourth-order valence-corrected chi connectivity index (χ4v) is 4.07. The van der Waals surface area contributed by atoms with Crippen LogP contribution in [0.1, 0.15) is 24.3 Å². The van der Waals surface area contributed by atoms with Crippen LogP contribution >= 0.6 is 11.6 Å². The van der Waals surface area contributed by atoms with Crippen molar-refractivity contribution in [1.29, 1.82) is 0 Å². The van der Waals surface area contributed by atoms with Crippen molar-refractivity contribution in [3.05, 3.63) is 48.2 Å². The predicted molar refractivity (Wildman–Crippen MR) is 132 cm³/mol. The monoisotopic (exact) mass is 484 g/mol. The van der Waals surface area contributed by atoms with Crippen molar-refractivity contribution in [2.75, 3.05) is 43.7 Å². The average molecular weight is 485 g/mol. The second kappa shape index (κ2) is 10.0. The number of carbonyl (C=O) groups is 2. The lowest BCUT2D eigenvalue weighted by Gasteiger charge is -2.28. The van der Waals surface area contributed by atoms with Gasteiger partial charge in [0.2, 0.25) is 0 Å². The molecule has 34 heavy (non-hydrogen) atoms. The van der Waals surface area contributed by atoms with Gasteiger partial charge in [0.1, 0.15) is 12.5 Å². The summed E-state index contributed by atoms with van der Waals surface area (Å²) in [5, 5.41) is 8.10. The molecule has 180 valence electrons. The van der Waals surface area contributed by atoms with E-state index in [2.05, 4.69) is 39.6 Å². The Morgan fingerprint density at radius 2 is 1.79 bits per heavy atom. The van der Waals surface area contributed by atoms with Crippen molar-refractivity contribution in [1.82, 2.24) is 15.1 Å². The van der Waals surface area contributed by atoms with Crippen LogP contribution in [0.15, 0.2) is 42.5 Å². The van der Waals surface area contributed by atoms with Crippen LogP contribution < -0.4 is 10.2 Å². The number of hydrogen-bond donors (Lipinski definition) is 1. The summed E-state index contributed by atoms with van der Waals surface area (Å²) in [6, 6.07) is 14.4. The molecule has 1 aliphatic rings. The largest absolute Gasteiger partial charge is 0.462 e. The summed E-state index contributed by atoms with van der Waals surface area (Å²) in [5.41, 5.74) is 3.73. The van der Waals surface area contributed by atoms with Gasteiger partial charge in [0.05, 0.1) is 24.3 Å². The van der Waals surface area contributed by atoms with E-state index < -0.39 is 11.5 Å². The first-order valence-electron chi connectivity index (χ1n) is 11.2. The Balaban J connectivity index is 1.52. The molecule has 1 fully saturated rings. The summed E-state index contributed by atoms with van der Waals surface area (Å²) in [7, 11) is 1.82. The molecule has 2 heterocycles. The van der Waals surface area contributed by atoms with Gasteiger partial charge in [0.15, 0.2) is 5.69 Å². The van der Waals surface area contributed by atoms with E-state index in [0.29, 0.717) is 5.69 Å². The molecule has 0 aliphatic carbocycles. The van der Waals surface area contributed by atoms with Crippen molar-refractivity contribution in [3.63, 3.8) is 0 Å². The third kappa shape index (κ3) is 5.34. The molecule has 0 radical (unpaired) electrons. The molecule has 1 aliphatic heterocycles. The van der Waals surface area contributed by atoms with Gasteiger partial charge >= 0.3 is 5.97 Å². The van der Waals surface area contributed by atoms with E-state index in [-0.39, 0.29) is 18.4 Å². The molecular formula is C25H29ClN4O4. The average Bonchev–Trinajstić information content (AvgIpc) is 3.19. The highest BCUT2D eigenvalue weighted by molar-refractivity contribution is 6.26. The van der Waals surface area contributed by atoms with E-state index in [1.165, 1.54) is 5.69 Å². The van der Waals surface area contributed by atoms with Crippen LogP contribution in [0.25, 0.3) is 22.0 Å². The van der Waals surface area contributed by atoms with E-state index in [9.17, 15) is 9.59 Å². The number of morpholine rings is 1. The van der Waals surface area contributed by atoms with E-state index in [1.54, 1.807) is 18.5 Å². The van der Waals surface area contributed by atoms with Gasteiger partial charge in [0.25, 0.3) is 5.91 Å². The predicted octanol–water partition coefficient (Wildman–Crippen LogP) is 3.37. The van der Waals surface area contributed by atoms with Gasteiger partial charge in [-0.25, -0.2) is 0 Å². The van der Waals surface area contributed by atoms with E-state index in [4.69, 9.17) is 21.1 Å². The Morgan fingerprint density at radius 1 is 1.12 bits per heavy atom. The van der Waals surface area contributed by atoms with Crippen molar-refractivity contribution >= 4 is 40.1 Å². The maximum Gasteiger partial charge on any atom is 0.320 e. The number of carbonyl (C=O) groups excluding carboxylic acids is 2. The van der Waals surface area contributed by atoms with Gasteiger partial charge in [0, 0.05) is 31.2 Å². The SMILES string of the molecule is Cn1nc(C(=O)NC(C)(C)COC(=O)CCl)c2ccc(-c3ccc(N4CCOCC4)cc3)cc21. The molecule has 1 saturated heterocycles. The minimum Gasteiger partial charge on any atom is -0.462 e. The highest BCUT2D eigenvalue weighted by Gasteiger charge is 2.26. The Labute approximate surface area is 203 Å². The second-order valence-corrected chi connectivity index (χ2v) is 9.25. The Hall–Kier alpha value is -3.10. The molecule has 4 rings (SSSR count). The molecule has 1 amide bonds. The first-order chi connectivity index (χ1) is 16.3. The zero-order valence-corrected chi connectivity index (χ0v) is 20.4. The van der Waals surface area contributed by atoms with Crippen molar-refractivity contribution in [2.24, 2.45) is 7.05 Å². The number of aryl methyl sites for hydroxylation is 1. The minimum absolute atomic E-state index is 0.0135. The summed E-state index contributed by atoms with van der Waals surface area (Å²) in [4.78, 5) is 26.6. The molecule has 8 nitrogen and oxygen atoms in total. The highest BCUT2D eigenvalue weighted by atomic mass is 35.5. The number of anilines is 1. The number of amides is 1. The van der Waals surface area contributed by atoms with Crippen LogP contribution in [0.4, 0.5) is 5.69 Å². The third-order valence-electron chi connectivity index (χ3n) is 5.80. The van der Waals surface area contributed by atoms with Crippen LogP contribution in [0.5, 0.6) is 0 Å². The molecular weight excluding hydrogens is 456 g/mol. The Bertz CT molecular complexity index is 1180. The maximum atomic E-state index is 13.0. The number of rotatable bonds is 7. The van der Waals surface area contributed by atoms with E-state index >= 15 is 0 Å². The topological polar surface area (TPSA) is 85.7 Å². The smallest absolute Gasteiger partial charge is 0.320 e. The molecule has 0 atom stereocenters. The Kier molecular flexibility index (Phi) is 7.09. The van der Waals surface area contributed by atoms with Crippen molar-refractivity contribution < 1.29 is 19.1 Å². The lowest BCUT2D eigenvalue weighted by molar-refractivity contribution is -0.142. The molecule has 0 spiro atoms. The van der Waals surface area contributed by atoms with Crippen LogP contribution in [-0.2, 0) is 21.3 Å². The molecule has 0 saturated carbocycles. The summed E-state index contributed by atoms with van der Waals surface area (Å²) in [6.07, 6.45) is 0. The molecule has 3 aromatic rings. The summed E-state index contributed by atoms with van der Waals surface area (Å²) < 4.78 is 12.2. The molecule has 1 N–H and O–H groups in total. The second-order valence-electron chi connectivity index (χ2n) is 8.98. The number of alkyl halides is 1. The van der Waals surface area contributed by atoms with Gasteiger partial charge in [-0.15, -0.1) is 11.6 Å². The number of esters is 1. The summed E-state index contributed by atoms with van der Waals surface area (Å²) >= 11 is 5.47. The number of nitrogens with one attached hydrogen (secondary N) is 1. The number of fused-ring (bicyclic) bond motifs is 1. The van der Waals surface area contributed by atoms with Crippen LogP contribution in [0.3, 0.4) is 0 Å². The number of benzene rings is 2. The lowest BCUT2D eigenvalue weighted by atomic mass is 10.0. The third-order valence-corrected chi connectivity index (χ3v) is 6.02.